The summed E-state index contributed by atoms with van der Waals surface area (Å²) in [6.45, 7) is 4.34. The van der Waals surface area contributed by atoms with Crippen LogP contribution in [0.4, 0.5) is 5.69 Å². The van der Waals surface area contributed by atoms with Crippen LogP contribution in [-0.4, -0.2) is 16.5 Å². The maximum Gasteiger partial charge on any atom is 0.0696 e. The maximum atomic E-state index is 11.7. The van der Waals surface area contributed by atoms with Gasteiger partial charge in [0.1, 0.15) is 0 Å². The zero-order valence-corrected chi connectivity index (χ0v) is 12.8. The molecule has 0 spiro atoms. The van der Waals surface area contributed by atoms with E-state index in [0.29, 0.717) is 10.9 Å². The summed E-state index contributed by atoms with van der Waals surface area (Å²) in [4.78, 5) is 0.618. The third-order valence-corrected chi connectivity index (χ3v) is 5.18. The lowest BCUT2D eigenvalue weighted by Crippen LogP contribution is -2.25. The number of nitrogens with one attached hydrogen (secondary N) is 2. The van der Waals surface area contributed by atoms with Crippen molar-refractivity contribution < 1.29 is 4.21 Å². The highest BCUT2D eigenvalue weighted by atomic mass is 32.2. The van der Waals surface area contributed by atoms with Crippen molar-refractivity contribution in [3.8, 4) is 0 Å². The molecule has 0 bridgehead atoms. The van der Waals surface area contributed by atoms with Crippen molar-refractivity contribution in [1.29, 1.82) is 4.78 Å². The summed E-state index contributed by atoms with van der Waals surface area (Å²) in [5, 5.41) is 3.59. The lowest BCUT2D eigenvalue weighted by Gasteiger charge is -2.28. The Hall–Kier alpha value is -1.03. The fourth-order valence-corrected chi connectivity index (χ4v) is 3.39. The third kappa shape index (κ3) is 3.72. The largest absolute Gasteiger partial charge is 0.382 e. The number of hydrogen-bond donors (Lipinski definition) is 2. The first kappa shape index (κ1) is 14.4. The van der Waals surface area contributed by atoms with Crippen molar-refractivity contribution >= 4 is 15.4 Å². The van der Waals surface area contributed by atoms with Crippen LogP contribution in [0.3, 0.4) is 0 Å². The number of hydrogen-bond acceptors (Lipinski definition) is 3. The highest BCUT2D eigenvalue weighted by Crippen LogP contribution is 2.28. The van der Waals surface area contributed by atoms with Crippen LogP contribution in [0.2, 0.25) is 0 Å². The summed E-state index contributed by atoms with van der Waals surface area (Å²) in [5.41, 5.74) is 2.20. The number of anilines is 1. The minimum absolute atomic E-state index is 0.558. The zero-order valence-electron chi connectivity index (χ0n) is 12.0. The van der Waals surface area contributed by atoms with Crippen molar-refractivity contribution in [2.75, 3.05) is 11.6 Å². The van der Waals surface area contributed by atoms with Crippen LogP contribution in [0.5, 0.6) is 0 Å². The van der Waals surface area contributed by atoms with E-state index >= 15 is 0 Å². The highest BCUT2D eigenvalue weighted by Gasteiger charge is 2.18. The third-order valence-electron chi connectivity index (χ3n) is 4.02. The smallest absolute Gasteiger partial charge is 0.0696 e. The van der Waals surface area contributed by atoms with E-state index in [1.165, 1.54) is 31.9 Å². The van der Waals surface area contributed by atoms with Crippen LogP contribution in [0.1, 0.15) is 38.2 Å². The summed E-state index contributed by atoms with van der Waals surface area (Å²) in [5.74, 6) is 0.856. The molecule has 2 rings (SSSR count). The van der Waals surface area contributed by atoms with Gasteiger partial charge in [-0.1, -0.05) is 6.92 Å². The lowest BCUT2D eigenvalue weighted by atomic mass is 9.87. The minimum atomic E-state index is -2.61. The van der Waals surface area contributed by atoms with Gasteiger partial charge in [0.15, 0.2) is 0 Å². The van der Waals surface area contributed by atoms with Crippen molar-refractivity contribution in [1.82, 2.24) is 0 Å². The Morgan fingerprint density at radius 1 is 1.26 bits per heavy atom. The topological polar surface area (TPSA) is 53.0 Å². The van der Waals surface area contributed by atoms with E-state index < -0.39 is 9.73 Å². The number of aryl methyl sites for hydroxylation is 1. The van der Waals surface area contributed by atoms with Gasteiger partial charge in [-0.3, -0.25) is 0 Å². The van der Waals surface area contributed by atoms with Crippen LogP contribution in [-0.2, 0) is 9.73 Å². The van der Waals surface area contributed by atoms with E-state index in [9.17, 15) is 4.21 Å². The predicted octanol–water partition coefficient (Wildman–Crippen LogP) is 4.02. The Labute approximate surface area is 116 Å². The molecule has 1 aromatic rings. The van der Waals surface area contributed by atoms with Crippen LogP contribution in [0, 0.1) is 17.6 Å². The van der Waals surface area contributed by atoms with Crippen LogP contribution in [0.15, 0.2) is 23.1 Å². The van der Waals surface area contributed by atoms with Crippen molar-refractivity contribution in [2.24, 2.45) is 5.92 Å². The molecule has 106 valence electrons. The molecule has 0 aromatic heterocycles. The van der Waals surface area contributed by atoms with Crippen LogP contribution < -0.4 is 5.32 Å². The van der Waals surface area contributed by atoms with Crippen molar-refractivity contribution in [3.05, 3.63) is 23.8 Å². The van der Waals surface area contributed by atoms with Crippen molar-refractivity contribution in [3.63, 3.8) is 0 Å². The van der Waals surface area contributed by atoms with Gasteiger partial charge in [0.25, 0.3) is 0 Å². The Morgan fingerprint density at radius 2 is 1.89 bits per heavy atom. The molecule has 19 heavy (non-hydrogen) atoms. The van der Waals surface area contributed by atoms with E-state index in [4.69, 9.17) is 4.78 Å². The molecule has 3 nitrogen and oxygen atoms in total. The first-order valence-corrected chi connectivity index (χ1v) is 8.94. The molecule has 2 N–H and O–H groups in total. The van der Waals surface area contributed by atoms with E-state index in [0.717, 1.165) is 17.2 Å². The van der Waals surface area contributed by atoms with Gasteiger partial charge in [-0.2, -0.15) is 0 Å². The van der Waals surface area contributed by atoms with Crippen molar-refractivity contribution in [2.45, 2.75) is 50.5 Å². The SMILES string of the molecule is Cc1cc(S(C)(=N)=O)ccc1NC1CCC(C)CC1. The van der Waals surface area contributed by atoms with E-state index in [-0.39, 0.29) is 0 Å². The Balaban J connectivity index is 2.09. The highest BCUT2D eigenvalue weighted by molar-refractivity contribution is 7.91. The molecule has 0 saturated heterocycles. The lowest BCUT2D eigenvalue weighted by molar-refractivity contribution is 0.361. The molecule has 1 saturated carbocycles. The van der Waals surface area contributed by atoms with E-state index in [1.807, 2.05) is 25.1 Å². The second-order valence-corrected chi connectivity index (χ2v) is 8.08. The predicted molar refractivity (Wildman–Crippen MR) is 81.3 cm³/mol. The normalized spacial score (nSPS) is 26.7. The van der Waals surface area contributed by atoms with E-state index in [1.54, 1.807) is 0 Å². The molecule has 1 unspecified atom stereocenters. The van der Waals surface area contributed by atoms with Gasteiger partial charge in [-0.15, -0.1) is 0 Å². The van der Waals surface area contributed by atoms with Gasteiger partial charge in [-0.05, 0) is 62.3 Å². The molecule has 1 fully saturated rings. The molecule has 0 aliphatic heterocycles. The van der Waals surface area contributed by atoms with Gasteiger partial charge in [0.2, 0.25) is 0 Å². The molecular weight excluding hydrogens is 256 g/mol. The minimum Gasteiger partial charge on any atom is -0.382 e. The van der Waals surface area contributed by atoms with Gasteiger partial charge >= 0.3 is 0 Å². The maximum absolute atomic E-state index is 11.7. The van der Waals surface area contributed by atoms with Gasteiger partial charge in [-0.25, -0.2) is 8.99 Å². The summed E-state index contributed by atoms with van der Waals surface area (Å²) in [6, 6.07) is 6.22. The van der Waals surface area contributed by atoms with Gasteiger partial charge in [0.05, 0.1) is 9.73 Å². The molecule has 0 amide bonds. The molecule has 1 aromatic carbocycles. The zero-order chi connectivity index (χ0) is 14.0. The summed E-state index contributed by atoms with van der Waals surface area (Å²) in [6.07, 6.45) is 6.52. The van der Waals surface area contributed by atoms with E-state index in [2.05, 4.69) is 12.2 Å². The number of rotatable bonds is 3. The molecule has 4 heteroatoms. The Morgan fingerprint density at radius 3 is 2.42 bits per heavy atom. The molecule has 0 radical (unpaired) electrons. The monoisotopic (exact) mass is 280 g/mol. The second kappa shape index (κ2) is 5.53. The molecule has 1 atom stereocenters. The summed E-state index contributed by atoms with van der Waals surface area (Å²) in [7, 11) is -2.61. The summed E-state index contributed by atoms with van der Waals surface area (Å²) >= 11 is 0. The number of benzene rings is 1. The molecule has 0 heterocycles. The molecular formula is C15H24N2OS. The second-order valence-electron chi connectivity index (χ2n) is 5.92. The average molecular weight is 280 g/mol. The quantitative estimate of drug-likeness (QED) is 0.878. The first-order chi connectivity index (χ1) is 8.86. The fraction of sp³-hybridized carbons (Fsp3) is 0.600. The average Bonchev–Trinajstić information content (AvgIpc) is 2.33. The standard InChI is InChI=1S/C15H24N2OS/c1-11-4-6-13(7-5-11)17-15-9-8-14(10-12(15)2)19(3,16)18/h8-11,13,16-17H,4-7H2,1-3H3. The summed E-state index contributed by atoms with van der Waals surface area (Å²) < 4.78 is 19.3. The first-order valence-electron chi connectivity index (χ1n) is 6.97. The Kier molecular flexibility index (Phi) is 4.19. The molecule has 1 aliphatic rings. The Bertz CT molecular complexity index is 543. The van der Waals surface area contributed by atoms with Gasteiger partial charge in [0, 0.05) is 22.9 Å². The van der Waals surface area contributed by atoms with Crippen LogP contribution >= 0.6 is 0 Å². The van der Waals surface area contributed by atoms with Crippen LogP contribution in [0.25, 0.3) is 0 Å². The fourth-order valence-electron chi connectivity index (χ4n) is 2.66. The molecule has 1 aliphatic carbocycles. The van der Waals surface area contributed by atoms with Gasteiger partial charge < -0.3 is 5.32 Å².